The summed E-state index contributed by atoms with van der Waals surface area (Å²) in [4.78, 5) is 0. The number of aryl methyl sites for hydroxylation is 1. The van der Waals surface area contributed by atoms with Crippen LogP contribution in [0.2, 0.25) is 0 Å². The minimum absolute atomic E-state index is 0.172. The Morgan fingerprint density at radius 1 is 0.862 bits per heavy atom. The normalized spacial score (nSPS) is 13.3. The van der Waals surface area contributed by atoms with Gasteiger partial charge in [0.1, 0.15) is 18.5 Å². The number of rotatable bonds is 8. The minimum Gasteiger partial charge on any atom is -0.491 e. The van der Waals surface area contributed by atoms with Crippen molar-refractivity contribution in [2.45, 2.75) is 19.6 Å². The lowest BCUT2D eigenvalue weighted by Crippen LogP contribution is -2.23. The molecule has 1 aliphatic rings. The molecule has 0 aromatic heterocycles. The van der Waals surface area contributed by atoms with Gasteiger partial charge in [0, 0.05) is 0 Å². The van der Waals surface area contributed by atoms with Crippen molar-refractivity contribution in [1.82, 2.24) is 0 Å². The van der Waals surface area contributed by atoms with E-state index in [1.54, 1.807) is 0 Å². The molecule has 0 saturated heterocycles. The molecule has 150 valence electrons. The summed E-state index contributed by atoms with van der Waals surface area (Å²) >= 11 is 0. The van der Waals surface area contributed by atoms with E-state index in [-0.39, 0.29) is 20.0 Å². The van der Waals surface area contributed by atoms with Crippen LogP contribution in [0.5, 0.6) is 17.2 Å². The van der Waals surface area contributed by atoms with Crippen molar-refractivity contribution < 1.29 is 24.1 Å². The number of aliphatic hydroxyl groups excluding tert-OH is 1. The first-order chi connectivity index (χ1) is 14.2. The van der Waals surface area contributed by atoms with Crippen LogP contribution in [0.4, 0.5) is 0 Å². The Labute approximate surface area is 170 Å². The second-order valence-corrected chi connectivity index (χ2v) is 7.06. The van der Waals surface area contributed by atoms with Crippen LogP contribution in [0.25, 0.3) is 11.1 Å². The lowest BCUT2D eigenvalue weighted by Gasteiger charge is -2.13. The molecule has 4 rings (SSSR count). The van der Waals surface area contributed by atoms with E-state index in [1.165, 1.54) is 11.1 Å². The molecule has 1 aliphatic heterocycles. The maximum Gasteiger partial charge on any atom is 0.231 e. The molecule has 0 bridgehead atoms. The van der Waals surface area contributed by atoms with E-state index in [2.05, 4.69) is 31.2 Å². The Balaban J connectivity index is 1.21. The smallest absolute Gasteiger partial charge is 0.231 e. The maximum absolute atomic E-state index is 10.1. The average molecular weight is 392 g/mol. The number of fused-ring (bicyclic) bond motifs is 1. The standard InChI is InChI=1S/C24H24O5/c1-17-2-5-19(6-3-17)20-7-9-22(10-8-20)27-15-21(25)14-26-13-18-4-11-23-24(12-18)29-16-28-23/h2-12,21,25H,13-16H2,1H3. The number of ether oxygens (including phenoxy) is 4. The lowest BCUT2D eigenvalue weighted by atomic mass is 10.0. The van der Waals surface area contributed by atoms with E-state index >= 15 is 0 Å². The van der Waals surface area contributed by atoms with E-state index in [0.717, 1.165) is 28.4 Å². The Bertz CT molecular complexity index is 934. The molecule has 0 aliphatic carbocycles. The van der Waals surface area contributed by atoms with Crippen molar-refractivity contribution in [3.05, 3.63) is 77.9 Å². The molecule has 3 aromatic carbocycles. The summed E-state index contributed by atoms with van der Waals surface area (Å²) in [5, 5.41) is 10.1. The number of hydrogen-bond donors (Lipinski definition) is 1. The Kier molecular flexibility index (Phi) is 5.98. The van der Waals surface area contributed by atoms with Gasteiger partial charge in [0.25, 0.3) is 0 Å². The minimum atomic E-state index is -0.708. The first kappa shape index (κ1) is 19.3. The Morgan fingerprint density at radius 2 is 1.55 bits per heavy atom. The number of benzene rings is 3. The summed E-state index contributed by atoms with van der Waals surface area (Å²) in [6, 6.07) is 21.9. The molecule has 0 radical (unpaired) electrons. The summed E-state index contributed by atoms with van der Waals surface area (Å²) < 4.78 is 21.9. The molecule has 1 heterocycles. The quantitative estimate of drug-likeness (QED) is 0.618. The largest absolute Gasteiger partial charge is 0.491 e. The SMILES string of the molecule is Cc1ccc(-c2ccc(OCC(O)COCc3ccc4c(c3)OCO4)cc2)cc1. The van der Waals surface area contributed by atoms with Crippen molar-refractivity contribution in [1.29, 1.82) is 0 Å². The number of aliphatic hydroxyl groups is 1. The summed E-state index contributed by atoms with van der Waals surface area (Å²) in [7, 11) is 0. The highest BCUT2D eigenvalue weighted by atomic mass is 16.7. The third-order valence-corrected chi connectivity index (χ3v) is 4.70. The van der Waals surface area contributed by atoms with E-state index in [0.29, 0.717) is 6.61 Å². The second kappa shape index (κ2) is 8.99. The zero-order valence-electron chi connectivity index (χ0n) is 16.3. The zero-order chi connectivity index (χ0) is 20.1. The highest BCUT2D eigenvalue weighted by molar-refractivity contribution is 5.64. The van der Waals surface area contributed by atoms with Crippen LogP contribution < -0.4 is 14.2 Å². The summed E-state index contributed by atoms with van der Waals surface area (Å²) in [6.07, 6.45) is -0.708. The fraction of sp³-hybridized carbons (Fsp3) is 0.250. The highest BCUT2D eigenvalue weighted by Gasteiger charge is 2.13. The van der Waals surface area contributed by atoms with Crippen LogP contribution in [0.1, 0.15) is 11.1 Å². The molecule has 0 amide bonds. The van der Waals surface area contributed by atoms with Gasteiger partial charge in [0.15, 0.2) is 11.5 Å². The van der Waals surface area contributed by atoms with Crippen LogP contribution in [-0.4, -0.2) is 31.2 Å². The van der Waals surface area contributed by atoms with Crippen molar-refractivity contribution in [2.24, 2.45) is 0 Å². The van der Waals surface area contributed by atoms with E-state index in [9.17, 15) is 5.11 Å². The predicted octanol–water partition coefficient (Wildman–Crippen LogP) is 4.35. The predicted molar refractivity (Wildman–Crippen MR) is 110 cm³/mol. The zero-order valence-corrected chi connectivity index (χ0v) is 16.3. The van der Waals surface area contributed by atoms with Gasteiger partial charge in [-0.2, -0.15) is 0 Å². The lowest BCUT2D eigenvalue weighted by molar-refractivity contribution is 0.00546. The molecule has 0 saturated carbocycles. The van der Waals surface area contributed by atoms with Gasteiger partial charge in [-0.3, -0.25) is 0 Å². The molecule has 1 N–H and O–H groups in total. The molecule has 29 heavy (non-hydrogen) atoms. The van der Waals surface area contributed by atoms with Gasteiger partial charge >= 0.3 is 0 Å². The van der Waals surface area contributed by atoms with Gasteiger partial charge in [0.2, 0.25) is 6.79 Å². The topological polar surface area (TPSA) is 57.2 Å². The summed E-state index contributed by atoms with van der Waals surface area (Å²) in [6.45, 7) is 3.08. The highest BCUT2D eigenvalue weighted by Crippen LogP contribution is 2.32. The Hall–Kier alpha value is -3.02. The molecule has 3 aromatic rings. The first-order valence-corrected chi connectivity index (χ1v) is 9.61. The fourth-order valence-corrected chi connectivity index (χ4v) is 3.07. The molecular weight excluding hydrogens is 368 g/mol. The van der Waals surface area contributed by atoms with Gasteiger partial charge in [-0.1, -0.05) is 48.0 Å². The van der Waals surface area contributed by atoms with E-state index in [1.807, 2.05) is 42.5 Å². The molecule has 0 spiro atoms. The van der Waals surface area contributed by atoms with Crippen LogP contribution in [0, 0.1) is 6.92 Å². The molecule has 0 fully saturated rings. The molecule has 1 atom stereocenters. The monoisotopic (exact) mass is 392 g/mol. The molecule has 5 heteroatoms. The van der Waals surface area contributed by atoms with Crippen molar-refractivity contribution in [2.75, 3.05) is 20.0 Å². The van der Waals surface area contributed by atoms with Gasteiger partial charge in [0.05, 0.1) is 13.2 Å². The first-order valence-electron chi connectivity index (χ1n) is 9.61. The second-order valence-electron chi connectivity index (χ2n) is 7.06. The number of hydrogen-bond acceptors (Lipinski definition) is 5. The van der Waals surface area contributed by atoms with Gasteiger partial charge < -0.3 is 24.1 Å². The maximum atomic E-state index is 10.1. The third-order valence-electron chi connectivity index (χ3n) is 4.70. The van der Waals surface area contributed by atoms with Crippen LogP contribution in [-0.2, 0) is 11.3 Å². The van der Waals surface area contributed by atoms with Crippen LogP contribution >= 0.6 is 0 Å². The van der Waals surface area contributed by atoms with E-state index in [4.69, 9.17) is 18.9 Å². The third kappa shape index (κ3) is 5.08. The van der Waals surface area contributed by atoms with Crippen molar-refractivity contribution in [3.63, 3.8) is 0 Å². The van der Waals surface area contributed by atoms with Gasteiger partial charge in [-0.15, -0.1) is 0 Å². The van der Waals surface area contributed by atoms with E-state index < -0.39 is 6.10 Å². The summed E-state index contributed by atoms with van der Waals surface area (Å²) in [5.74, 6) is 2.19. The molecule has 5 nitrogen and oxygen atoms in total. The molecule has 1 unspecified atom stereocenters. The van der Waals surface area contributed by atoms with Gasteiger partial charge in [-0.05, 0) is 47.9 Å². The van der Waals surface area contributed by atoms with Crippen LogP contribution in [0.15, 0.2) is 66.7 Å². The van der Waals surface area contributed by atoms with Gasteiger partial charge in [-0.25, -0.2) is 0 Å². The van der Waals surface area contributed by atoms with Crippen molar-refractivity contribution in [3.8, 4) is 28.4 Å². The Morgan fingerprint density at radius 3 is 2.31 bits per heavy atom. The summed E-state index contributed by atoms with van der Waals surface area (Å²) in [5.41, 5.74) is 4.50. The molecular formula is C24H24O5. The average Bonchev–Trinajstić information content (AvgIpc) is 3.21. The van der Waals surface area contributed by atoms with Crippen LogP contribution in [0.3, 0.4) is 0 Å². The fourth-order valence-electron chi connectivity index (χ4n) is 3.07. The van der Waals surface area contributed by atoms with Crippen molar-refractivity contribution >= 4 is 0 Å².